The molecule has 0 unspecified atom stereocenters. The van der Waals surface area contributed by atoms with Crippen molar-refractivity contribution >= 4 is 29.1 Å². The molecule has 0 radical (unpaired) electrons. The number of carbonyl (C=O) groups excluding carboxylic acids is 3. The number of benzene rings is 2. The molecule has 34 heavy (non-hydrogen) atoms. The number of para-hydroxylation sites is 1. The highest BCUT2D eigenvalue weighted by molar-refractivity contribution is 6.00. The van der Waals surface area contributed by atoms with Crippen LogP contribution in [0.2, 0.25) is 0 Å². The van der Waals surface area contributed by atoms with Crippen LogP contribution in [0.5, 0.6) is 0 Å². The third kappa shape index (κ3) is 5.16. The van der Waals surface area contributed by atoms with Gasteiger partial charge in [-0.2, -0.15) is 0 Å². The fourth-order valence-corrected chi connectivity index (χ4v) is 4.96. The van der Waals surface area contributed by atoms with Crippen LogP contribution in [0.3, 0.4) is 0 Å². The number of amides is 3. The standard InChI is InChI=1S/C28H35N3O3/c1-4-20(3)24-7-5-6-8-25(24)29-27(33)21-13-15-30(16-14-21)28(34)22-17-26(32)31(18-22)23-11-9-19(2)10-12-23/h5-12,20-22H,4,13-18H2,1-3H3,(H,29,33)/t20-,22+/m1/s1. The second-order valence-corrected chi connectivity index (χ2v) is 9.73. The van der Waals surface area contributed by atoms with Gasteiger partial charge in [-0.25, -0.2) is 0 Å². The van der Waals surface area contributed by atoms with Crippen LogP contribution in [0.4, 0.5) is 11.4 Å². The summed E-state index contributed by atoms with van der Waals surface area (Å²) in [5.74, 6) is 0.0132. The third-order valence-corrected chi connectivity index (χ3v) is 7.36. The Morgan fingerprint density at radius 1 is 1.03 bits per heavy atom. The second kappa shape index (κ2) is 10.4. The average Bonchev–Trinajstić information content (AvgIpc) is 3.25. The van der Waals surface area contributed by atoms with Crippen LogP contribution in [-0.2, 0) is 14.4 Å². The van der Waals surface area contributed by atoms with E-state index in [2.05, 4.69) is 25.2 Å². The normalized spacial score (nSPS) is 19.9. The van der Waals surface area contributed by atoms with Gasteiger partial charge in [0.05, 0.1) is 5.92 Å². The van der Waals surface area contributed by atoms with Crippen molar-refractivity contribution in [2.24, 2.45) is 11.8 Å². The molecule has 180 valence electrons. The van der Waals surface area contributed by atoms with E-state index in [-0.39, 0.29) is 36.0 Å². The van der Waals surface area contributed by atoms with Gasteiger partial charge in [-0.15, -0.1) is 0 Å². The number of anilines is 2. The molecule has 2 aromatic rings. The number of nitrogens with one attached hydrogen (secondary N) is 1. The zero-order chi connectivity index (χ0) is 24.2. The Morgan fingerprint density at radius 2 is 1.71 bits per heavy atom. The molecule has 0 bridgehead atoms. The van der Waals surface area contributed by atoms with Gasteiger partial charge in [0.1, 0.15) is 0 Å². The first-order valence-corrected chi connectivity index (χ1v) is 12.4. The molecule has 2 aliphatic heterocycles. The summed E-state index contributed by atoms with van der Waals surface area (Å²) < 4.78 is 0. The molecule has 2 atom stereocenters. The van der Waals surface area contributed by atoms with Crippen LogP contribution >= 0.6 is 0 Å². The van der Waals surface area contributed by atoms with Crippen LogP contribution < -0.4 is 10.2 Å². The van der Waals surface area contributed by atoms with Crippen molar-refractivity contribution in [2.45, 2.75) is 52.4 Å². The first-order valence-electron chi connectivity index (χ1n) is 12.4. The minimum Gasteiger partial charge on any atom is -0.342 e. The molecule has 6 heteroatoms. The zero-order valence-corrected chi connectivity index (χ0v) is 20.4. The minimum absolute atomic E-state index is 0.00330. The summed E-state index contributed by atoms with van der Waals surface area (Å²) >= 11 is 0. The predicted molar refractivity (Wildman–Crippen MR) is 135 cm³/mol. The van der Waals surface area contributed by atoms with Crippen LogP contribution in [-0.4, -0.2) is 42.3 Å². The van der Waals surface area contributed by atoms with Crippen LogP contribution in [0.15, 0.2) is 48.5 Å². The van der Waals surface area contributed by atoms with E-state index >= 15 is 0 Å². The molecule has 0 aromatic heterocycles. The first kappa shape index (κ1) is 24.0. The zero-order valence-electron chi connectivity index (χ0n) is 20.4. The number of hydrogen-bond donors (Lipinski definition) is 1. The lowest BCUT2D eigenvalue weighted by atomic mass is 9.93. The number of rotatable bonds is 6. The topological polar surface area (TPSA) is 69.7 Å². The van der Waals surface area contributed by atoms with Crippen LogP contribution in [0, 0.1) is 18.8 Å². The van der Waals surface area contributed by atoms with Crippen molar-refractivity contribution in [1.82, 2.24) is 4.90 Å². The van der Waals surface area contributed by atoms with Crippen molar-refractivity contribution in [3.63, 3.8) is 0 Å². The molecule has 3 amide bonds. The molecule has 2 heterocycles. The maximum atomic E-state index is 13.1. The molecule has 2 fully saturated rings. The van der Waals surface area contributed by atoms with Crippen LogP contribution in [0.25, 0.3) is 0 Å². The van der Waals surface area contributed by atoms with Gasteiger partial charge in [0.2, 0.25) is 17.7 Å². The van der Waals surface area contributed by atoms with Crippen molar-refractivity contribution in [2.75, 3.05) is 29.9 Å². The van der Waals surface area contributed by atoms with E-state index in [9.17, 15) is 14.4 Å². The second-order valence-electron chi connectivity index (χ2n) is 9.73. The van der Waals surface area contributed by atoms with Crippen molar-refractivity contribution in [1.29, 1.82) is 0 Å². The number of likely N-dealkylation sites (tertiary alicyclic amines) is 1. The fourth-order valence-electron chi connectivity index (χ4n) is 4.96. The Morgan fingerprint density at radius 3 is 2.38 bits per heavy atom. The molecule has 2 aliphatic rings. The van der Waals surface area contributed by atoms with Gasteiger partial charge in [-0.3, -0.25) is 14.4 Å². The fraction of sp³-hybridized carbons (Fsp3) is 0.464. The molecule has 2 saturated heterocycles. The molecule has 0 saturated carbocycles. The van der Waals surface area contributed by atoms with E-state index in [0.29, 0.717) is 38.4 Å². The highest BCUT2D eigenvalue weighted by atomic mass is 16.2. The van der Waals surface area contributed by atoms with E-state index in [4.69, 9.17) is 0 Å². The number of hydrogen-bond acceptors (Lipinski definition) is 3. The lowest BCUT2D eigenvalue weighted by Gasteiger charge is -2.33. The highest BCUT2D eigenvalue weighted by Crippen LogP contribution is 2.30. The Labute approximate surface area is 202 Å². The average molecular weight is 462 g/mol. The van der Waals surface area contributed by atoms with Crippen molar-refractivity contribution in [3.8, 4) is 0 Å². The molecule has 4 rings (SSSR count). The lowest BCUT2D eigenvalue weighted by molar-refractivity contribution is -0.138. The molecule has 1 N–H and O–H groups in total. The van der Waals surface area contributed by atoms with Crippen LogP contribution in [0.1, 0.15) is 56.6 Å². The molecular formula is C28H35N3O3. The molecular weight excluding hydrogens is 426 g/mol. The Balaban J connectivity index is 1.31. The molecule has 0 spiro atoms. The van der Waals surface area contributed by atoms with E-state index in [1.54, 1.807) is 4.90 Å². The summed E-state index contributed by atoms with van der Waals surface area (Å²) in [4.78, 5) is 42.2. The number of nitrogens with zero attached hydrogens (tertiary/aromatic N) is 2. The monoisotopic (exact) mass is 461 g/mol. The molecule has 2 aromatic carbocycles. The first-order chi connectivity index (χ1) is 16.4. The van der Waals surface area contributed by atoms with E-state index in [1.165, 1.54) is 0 Å². The Hall–Kier alpha value is -3.15. The number of aryl methyl sites for hydroxylation is 1. The lowest BCUT2D eigenvalue weighted by Crippen LogP contribution is -2.44. The van der Waals surface area contributed by atoms with E-state index in [1.807, 2.05) is 54.3 Å². The van der Waals surface area contributed by atoms with Gasteiger partial charge in [0.15, 0.2) is 0 Å². The van der Waals surface area contributed by atoms with E-state index < -0.39 is 0 Å². The summed E-state index contributed by atoms with van der Waals surface area (Å²) in [5.41, 5.74) is 4.04. The quantitative estimate of drug-likeness (QED) is 0.676. The Bertz CT molecular complexity index is 1040. The Kier molecular flexibility index (Phi) is 7.35. The summed E-state index contributed by atoms with van der Waals surface area (Å²) in [7, 11) is 0. The predicted octanol–water partition coefficient (Wildman–Crippen LogP) is 4.74. The van der Waals surface area contributed by atoms with E-state index in [0.717, 1.165) is 28.9 Å². The molecule has 0 aliphatic carbocycles. The number of carbonyl (C=O) groups is 3. The maximum Gasteiger partial charge on any atom is 0.228 e. The minimum atomic E-state index is -0.318. The largest absolute Gasteiger partial charge is 0.342 e. The summed E-state index contributed by atoms with van der Waals surface area (Å²) in [5, 5.41) is 3.13. The van der Waals surface area contributed by atoms with Crippen molar-refractivity contribution in [3.05, 3.63) is 59.7 Å². The molecule has 6 nitrogen and oxygen atoms in total. The smallest absolute Gasteiger partial charge is 0.228 e. The number of piperidine rings is 1. The van der Waals surface area contributed by atoms with Gasteiger partial charge in [-0.1, -0.05) is 49.7 Å². The van der Waals surface area contributed by atoms with Gasteiger partial charge < -0.3 is 15.1 Å². The highest BCUT2D eigenvalue weighted by Gasteiger charge is 2.38. The van der Waals surface area contributed by atoms with Crippen molar-refractivity contribution < 1.29 is 14.4 Å². The summed E-state index contributed by atoms with van der Waals surface area (Å²) in [6.07, 6.45) is 2.55. The third-order valence-electron chi connectivity index (χ3n) is 7.36. The van der Waals surface area contributed by atoms with Gasteiger partial charge >= 0.3 is 0 Å². The van der Waals surface area contributed by atoms with Gasteiger partial charge in [0.25, 0.3) is 0 Å². The van der Waals surface area contributed by atoms with Gasteiger partial charge in [0, 0.05) is 43.3 Å². The summed E-state index contributed by atoms with van der Waals surface area (Å²) in [6, 6.07) is 15.8. The maximum absolute atomic E-state index is 13.1. The SMILES string of the molecule is CC[C@@H](C)c1ccccc1NC(=O)C1CCN(C(=O)[C@H]2CC(=O)N(c3ccc(C)cc3)C2)CC1. The summed E-state index contributed by atoms with van der Waals surface area (Å²) in [6.45, 7) is 7.86. The van der Waals surface area contributed by atoms with Gasteiger partial charge in [-0.05, 0) is 55.9 Å².